The first-order chi connectivity index (χ1) is 17.4. The number of nitrogens with one attached hydrogen (secondary N) is 3. The average Bonchev–Trinajstić information content (AvgIpc) is 3.25. The number of aromatic nitrogens is 5. The first kappa shape index (κ1) is 26.5. The lowest BCUT2D eigenvalue weighted by molar-refractivity contribution is -0.116. The zero-order valence-electron chi connectivity index (χ0n) is 20.9. The Morgan fingerprint density at radius 3 is 2.65 bits per heavy atom. The predicted octanol–water partition coefficient (Wildman–Crippen LogP) is 2.80. The standard InChI is InChI=1S/C23H26ClN9O3S/c1-11(28-21(36)17-12-8-33(5)9-16(34)30-19(12)27-10-26-17)22-25-7-14(37-22)20(35)29-15-6-13(23(2,3)4)18(24)32-31-15/h6-7,10-11H,8-9H2,1-5H3,(H,28,36)(H,29,31,35)(H,26,27,30,34). The number of fused-ring (bicyclic) bond motifs is 1. The molecule has 0 aliphatic carbocycles. The van der Waals surface area contributed by atoms with E-state index in [0.717, 1.165) is 16.9 Å². The first-order valence-corrected chi connectivity index (χ1v) is 12.6. The minimum atomic E-state index is -0.509. The summed E-state index contributed by atoms with van der Waals surface area (Å²) in [5.41, 5.74) is 1.17. The summed E-state index contributed by atoms with van der Waals surface area (Å²) in [5.74, 6) is -0.471. The molecule has 14 heteroatoms. The molecule has 0 saturated heterocycles. The lowest BCUT2D eigenvalue weighted by Crippen LogP contribution is -2.29. The number of anilines is 2. The number of carbonyl (C=O) groups excluding carboxylic acids is 3. The van der Waals surface area contributed by atoms with Crippen LogP contribution in [0.1, 0.15) is 70.0 Å². The van der Waals surface area contributed by atoms with Crippen molar-refractivity contribution >= 4 is 52.3 Å². The highest BCUT2D eigenvalue weighted by molar-refractivity contribution is 7.13. The molecule has 0 spiro atoms. The Labute approximate surface area is 222 Å². The first-order valence-electron chi connectivity index (χ1n) is 11.4. The second kappa shape index (κ2) is 10.4. The lowest BCUT2D eigenvalue weighted by Gasteiger charge is -2.20. The van der Waals surface area contributed by atoms with Crippen molar-refractivity contribution in [3.05, 3.63) is 50.4 Å². The highest BCUT2D eigenvalue weighted by Crippen LogP contribution is 2.29. The van der Waals surface area contributed by atoms with E-state index in [4.69, 9.17) is 11.6 Å². The number of rotatable bonds is 5. The molecule has 0 saturated carbocycles. The van der Waals surface area contributed by atoms with E-state index in [1.54, 1.807) is 24.9 Å². The third-order valence-corrected chi connectivity index (χ3v) is 6.98. The van der Waals surface area contributed by atoms with Crippen LogP contribution < -0.4 is 16.0 Å². The van der Waals surface area contributed by atoms with E-state index in [0.29, 0.717) is 27.8 Å². The van der Waals surface area contributed by atoms with Gasteiger partial charge in [0.05, 0.1) is 18.8 Å². The van der Waals surface area contributed by atoms with Crippen LogP contribution in [0.4, 0.5) is 11.6 Å². The van der Waals surface area contributed by atoms with Gasteiger partial charge in [0, 0.05) is 17.7 Å². The highest BCUT2D eigenvalue weighted by Gasteiger charge is 2.26. The van der Waals surface area contributed by atoms with Crippen molar-refractivity contribution in [3.8, 4) is 0 Å². The molecule has 194 valence electrons. The van der Waals surface area contributed by atoms with Crippen LogP contribution in [-0.2, 0) is 16.8 Å². The molecule has 3 aromatic rings. The fraction of sp³-hybridized carbons (Fsp3) is 0.391. The van der Waals surface area contributed by atoms with Gasteiger partial charge in [-0.15, -0.1) is 21.5 Å². The fourth-order valence-electron chi connectivity index (χ4n) is 3.67. The smallest absolute Gasteiger partial charge is 0.270 e. The lowest BCUT2D eigenvalue weighted by atomic mass is 9.88. The summed E-state index contributed by atoms with van der Waals surface area (Å²) in [6.45, 7) is 8.22. The van der Waals surface area contributed by atoms with Crippen molar-refractivity contribution < 1.29 is 14.4 Å². The molecule has 0 bridgehead atoms. The molecule has 12 nitrogen and oxygen atoms in total. The Balaban J connectivity index is 1.46. The zero-order valence-corrected chi connectivity index (χ0v) is 22.5. The molecule has 0 aromatic carbocycles. The van der Waals surface area contributed by atoms with Crippen molar-refractivity contribution in [3.63, 3.8) is 0 Å². The molecule has 3 N–H and O–H groups in total. The van der Waals surface area contributed by atoms with Crippen LogP contribution in [0.25, 0.3) is 0 Å². The molecule has 3 aromatic heterocycles. The van der Waals surface area contributed by atoms with Crippen LogP contribution in [0.5, 0.6) is 0 Å². The molecular weight excluding hydrogens is 518 g/mol. The number of carbonyl (C=O) groups is 3. The maximum absolute atomic E-state index is 13.1. The second-order valence-electron chi connectivity index (χ2n) is 9.67. The van der Waals surface area contributed by atoms with E-state index in [1.807, 2.05) is 20.8 Å². The van der Waals surface area contributed by atoms with E-state index in [2.05, 4.69) is 41.1 Å². The van der Waals surface area contributed by atoms with Crippen molar-refractivity contribution in [1.29, 1.82) is 0 Å². The van der Waals surface area contributed by atoms with E-state index in [1.165, 1.54) is 12.5 Å². The number of hydrogen-bond acceptors (Lipinski definition) is 10. The summed E-state index contributed by atoms with van der Waals surface area (Å²) in [5, 5.41) is 17.0. The molecule has 3 amide bonds. The Morgan fingerprint density at radius 2 is 1.92 bits per heavy atom. The Hall–Kier alpha value is -3.55. The topological polar surface area (TPSA) is 155 Å². The minimum absolute atomic E-state index is 0.163. The average molecular weight is 544 g/mol. The summed E-state index contributed by atoms with van der Waals surface area (Å²) < 4.78 is 0. The van der Waals surface area contributed by atoms with E-state index in [9.17, 15) is 14.4 Å². The minimum Gasteiger partial charge on any atom is -0.342 e. The van der Waals surface area contributed by atoms with Gasteiger partial charge >= 0.3 is 0 Å². The molecule has 1 aliphatic rings. The molecule has 1 unspecified atom stereocenters. The van der Waals surface area contributed by atoms with E-state index in [-0.39, 0.29) is 34.5 Å². The number of hydrogen-bond donors (Lipinski definition) is 3. The predicted molar refractivity (Wildman–Crippen MR) is 139 cm³/mol. The van der Waals surface area contributed by atoms with Gasteiger partial charge < -0.3 is 16.0 Å². The third-order valence-electron chi connectivity index (χ3n) is 5.52. The van der Waals surface area contributed by atoms with Crippen molar-refractivity contribution in [2.75, 3.05) is 24.2 Å². The molecular formula is C23H26ClN9O3S. The molecule has 0 radical (unpaired) electrons. The normalized spacial score (nSPS) is 14.8. The van der Waals surface area contributed by atoms with Crippen LogP contribution in [0.15, 0.2) is 18.6 Å². The maximum atomic E-state index is 13.1. The fourth-order valence-corrected chi connectivity index (χ4v) is 4.86. The highest BCUT2D eigenvalue weighted by atomic mass is 35.5. The second-order valence-corrected chi connectivity index (χ2v) is 11.1. The van der Waals surface area contributed by atoms with E-state index < -0.39 is 17.9 Å². The zero-order chi connectivity index (χ0) is 26.9. The largest absolute Gasteiger partial charge is 0.342 e. The van der Waals surface area contributed by atoms with Crippen molar-refractivity contribution in [2.45, 2.75) is 45.7 Å². The molecule has 4 rings (SSSR count). The van der Waals surface area contributed by atoms with Gasteiger partial charge in [-0.3, -0.25) is 19.3 Å². The summed E-state index contributed by atoms with van der Waals surface area (Å²) in [6.07, 6.45) is 2.67. The van der Waals surface area contributed by atoms with Crippen LogP contribution >= 0.6 is 22.9 Å². The molecule has 0 fully saturated rings. The van der Waals surface area contributed by atoms with Gasteiger partial charge in [0.15, 0.2) is 11.0 Å². The molecule has 4 heterocycles. The van der Waals surface area contributed by atoms with Gasteiger partial charge in [-0.1, -0.05) is 32.4 Å². The summed E-state index contributed by atoms with van der Waals surface area (Å²) in [4.78, 5) is 52.5. The van der Waals surface area contributed by atoms with Gasteiger partial charge in [0.2, 0.25) is 5.91 Å². The van der Waals surface area contributed by atoms with Crippen molar-refractivity contribution in [2.24, 2.45) is 0 Å². The van der Waals surface area contributed by atoms with Crippen LogP contribution in [0.3, 0.4) is 0 Å². The number of likely N-dealkylation sites (N-methyl/N-ethyl adjacent to an activating group) is 1. The number of nitrogens with zero attached hydrogens (tertiary/aromatic N) is 6. The Bertz CT molecular complexity index is 1370. The summed E-state index contributed by atoms with van der Waals surface area (Å²) in [7, 11) is 1.77. The van der Waals surface area contributed by atoms with Crippen molar-refractivity contribution in [1.82, 2.24) is 35.4 Å². The van der Waals surface area contributed by atoms with Gasteiger partial charge in [0.1, 0.15) is 27.7 Å². The maximum Gasteiger partial charge on any atom is 0.270 e. The number of thiazole rings is 1. The quantitative estimate of drug-likeness (QED) is 0.440. The van der Waals surface area contributed by atoms with Crippen LogP contribution in [-0.4, -0.2) is 61.4 Å². The molecule has 1 atom stereocenters. The Kier molecular flexibility index (Phi) is 7.48. The molecule has 37 heavy (non-hydrogen) atoms. The van der Waals surface area contributed by atoms with Gasteiger partial charge in [-0.2, -0.15) is 0 Å². The van der Waals surface area contributed by atoms with Crippen LogP contribution in [0.2, 0.25) is 5.15 Å². The Morgan fingerprint density at radius 1 is 1.16 bits per heavy atom. The third kappa shape index (κ3) is 6.06. The molecule has 1 aliphatic heterocycles. The monoisotopic (exact) mass is 543 g/mol. The van der Waals surface area contributed by atoms with E-state index >= 15 is 0 Å². The van der Waals surface area contributed by atoms with Gasteiger partial charge in [-0.25, -0.2) is 15.0 Å². The number of halogens is 1. The van der Waals surface area contributed by atoms with Gasteiger partial charge in [-0.05, 0) is 25.5 Å². The number of amides is 3. The summed E-state index contributed by atoms with van der Waals surface area (Å²) >= 11 is 7.30. The van der Waals surface area contributed by atoms with Crippen LogP contribution in [0, 0.1) is 0 Å². The summed E-state index contributed by atoms with van der Waals surface area (Å²) in [6, 6.07) is 1.19. The SMILES string of the molecule is CC(NC(=O)c1ncnc2c1CN(C)CC(=O)N2)c1ncc(C(=O)Nc2cc(C(C)(C)C)c(Cl)nn2)s1. The van der Waals surface area contributed by atoms with Gasteiger partial charge in [0.25, 0.3) is 11.8 Å².